The van der Waals surface area contributed by atoms with Crippen LogP contribution in [0.25, 0.3) is 0 Å². The summed E-state index contributed by atoms with van der Waals surface area (Å²) in [4.78, 5) is 27.0. The molecule has 0 aromatic heterocycles. The molecule has 3 N–H and O–H groups in total. The van der Waals surface area contributed by atoms with Gasteiger partial charge in [0.05, 0.1) is 10.6 Å². The zero-order valence-electron chi connectivity index (χ0n) is 18.7. The minimum Gasteiger partial charge on any atom is -0.366 e. The smallest absolute Gasteiger partial charge is 0.247 e. The van der Waals surface area contributed by atoms with E-state index in [1.54, 1.807) is 6.07 Å². The zero-order valence-corrected chi connectivity index (χ0v) is 20.2. The summed E-state index contributed by atoms with van der Waals surface area (Å²) in [5.41, 5.74) is 8.16. The molecule has 1 fully saturated rings. The number of hydrogen-bond donors (Lipinski definition) is 2. The van der Waals surface area contributed by atoms with E-state index in [9.17, 15) is 14.9 Å². The van der Waals surface area contributed by atoms with E-state index in [1.165, 1.54) is 6.20 Å². The molecular weight excluding hydrogens is 473 g/mol. The van der Waals surface area contributed by atoms with Gasteiger partial charge in [-0.3, -0.25) is 14.5 Å². The first-order chi connectivity index (χ1) is 16.4. The molecule has 7 nitrogen and oxygen atoms in total. The minimum atomic E-state index is -0.568. The summed E-state index contributed by atoms with van der Waals surface area (Å²) in [6.45, 7) is 2.37. The molecule has 34 heavy (non-hydrogen) atoms. The van der Waals surface area contributed by atoms with Gasteiger partial charge in [-0.2, -0.15) is 5.26 Å². The van der Waals surface area contributed by atoms with Crippen LogP contribution >= 0.6 is 23.2 Å². The number of rotatable bonds is 9. The lowest BCUT2D eigenvalue weighted by Gasteiger charge is -2.36. The Kier molecular flexibility index (Phi) is 9.34. The SMILES string of the molecule is N#Cc1ccc(N(Cc2ccccc2Cl)C2CCCCN(C/C(=C/NC=O)C(N)=O)C2)cc1Cl. The van der Waals surface area contributed by atoms with Crippen molar-refractivity contribution in [3.05, 3.63) is 75.4 Å². The van der Waals surface area contributed by atoms with E-state index in [-0.39, 0.29) is 6.04 Å². The van der Waals surface area contributed by atoms with Crippen LogP contribution in [0.5, 0.6) is 0 Å². The number of benzene rings is 2. The van der Waals surface area contributed by atoms with Crippen molar-refractivity contribution in [2.24, 2.45) is 5.73 Å². The van der Waals surface area contributed by atoms with E-state index in [2.05, 4.69) is 21.2 Å². The second-order valence-corrected chi connectivity index (χ2v) is 9.01. The van der Waals surface area contributed by atoms with Gasteiger partial charge in [0.1, 0.15) is 6.07 Å². The number of amides is 2. The summed E-state index contributed by atoms with van der Waals surface area (Å²) in [5.74, 6) is -0.568. The van der Waals surface area contributed by atoms with Crippen molar-refractivity contribution >= 4 is 41.2 Å². The average molecular weight is 500 g/mol. The molecule has 1 atom stereocenters. The van der Waals surface area contributed by atoms with Crippen LogP contribution < -0.4 is 16.0 Å². The lowest BCUT2D eigenvalue weighted by molar-refractivity contribution is -0.114. The monoisotopic (exact) mass is 499 g/mol. The van der Waals surface area contributed by atoms with E-state index in [0.29, 0.717) is 47.2 Å². The highest BCUT2D eigenvalue weighted by molar-refractivity contribution is 6.32. The third-order valence-corrected chi connectivity index (χ3v) is 6.59. The van der Waals surface area contributed by atoms with Crippen molar-refractivity contribution in [3.63, 3.8) is 0 Å². The van der Waals surface area contributed by atoms with Gasteiger partial charge in [-0.1, -0.05) is 47.8 Å². The van der Waals surface area contributed by atoms with Crippen molar-refractivity contribution in [2.45, 2.75) is 31.8 Å². The maximum absolute atomic E-state index is 11.9. The van der Waals surface area contributed by atoms with E-state index in [4.69, 9.17) is 28.9 Å². The summed E-state index contributed by atoms with van der Waals surface area (Å²) in [5, 5.41) is 12.8. The van der Waals surface area contributed by atoms with Gasteiger partial charge in [0.2, 0.25) is 12.3 Å². The molecule has 2 amide bonds. The number of nitriles is 1. The Balaban J connectivity index is 1.92. The second-order valence-electron chi connectivity index (χ2n) is 8.20. The minimum absolute atomic E-state index is 0.0935. The Labute approximate surface area is 209 Å². The molecule has 1 saturated heterocycles. The number of carbonyl (C=O) groups excluding carboxylic acids is 2. The van der Waals surface area contributed by atoms with E-state index in [1.807, 2.05) is 36.4 Å². The maximum atomic E-state index is 11.9. The molecule has 1 aliphatic rings. The number of anilines is 1. The number of nitrogens with zero attached hydrogens (tertiary/aromatic N) is 3. The molecule has 0 aliphatic carbocycles. The molecule has 1 unspecified atom stereocenters. The average Bonchev–Trinajstić information content (AvgIpc) is 3.06. The number of halogens is 2. The maximum Gasteiger partial charge on any atom is 0.247 e. The van der Waals surface area contributed by atoms with Crippen LogP contribution in [0.3, 0.4) is 0 Å². The first-order valence-corrected chi connectivity index (χ1v) is 11.8. The highest BCUT2D eigenvalue weighted by Crippen LogP contribution is 2.30. The van der Waals surface area contributed by atoms with Crippen molar-refractivity contribution < 1.29 is 9.59 Å². The molecule has 178 valence electrons. The lowest BCUT2D eigenvalue weighted by Crippen LogP contribution is -2.44. The molecule has 0 radical (unpaired) electrons. The zero-order chi connectivity index (χ0) is 24.5. The molecular formula is C25H27Cl2N5O2. The van der Waals surface area contributed by atoms with E-state index < -0.39 is 5.91 Å². The van der Waals surface area contributed by atoms with Gasteiger partial charge in [-0.05, 0) is 49.2 Å². The third-order valence-electron chi connectivity index (χ3n) is 5.91. The Morgan fingerprint density at radius 2 is 2.03 bits per heavy atom. The number of primary amides is 1. The largest absolute Gasteiger partial charge is 0.366 e. The molecule has 1 heterocycles. The predicted molar refractivity (Wildman–Crippen MR) is 134 cm³/mol. The standard InChI is InChI=1S/C25H27Cl2N5O2/c26-23-7-2-1-5-19(23)15-32(21-9-8-18(12-28)24(27)11-21)22-6-3-4-10-31(16-22)14-20(25(29)34)13-30-17-33/h1-2,5,7-9,11,13,17,22H,3-4,6,10,14-16H2,(H2,29,34)(H,30,33)/b20-13-. The number of hydrogen-bond acceptors (Lipinski definition) is 5. The number of likely N-dealkylation sites (tertiary alicyclic amines) is 1. The fourth-order valence-electron chi connectivity index (χ4n) is 4.18. The molecule has 3 rings (SSSR count). The molecule has 2 aromatic rings. The third kappa shape index (κ3) is 6.73. The van der Waals surface area contributed by atoms with Crippen molar-refractivity contribution in [3.8, 4) is 6.07 Å². The van der Waals surface area contributed by atoms with Gasteiger partial charge in [0, 0.05) is 48.2 Å². The normalized spacial score (nSPS) is 16.9. The Morgan fingerprint density at radius 1 is 1.24 bits per heavy atom. The Hall–Kier alpha value is -3.05. The summed E-state index contributed by atoms with van der Waals surface area (Å²) < 4.78 is 0. The highest BCUT2D eigenvalue weighted by atomic mass is 35.5. The van der Waals surface area contributed by atoms with Crippen LogP contribution in [-0.2, 0) is 16.1 Å². The molecule has 0 bridgehead atoms. The van der Waals surface area contributed by atoms with Crippen LogP contribution in [-0.4, -0.2) is 42.9 Å². The fourth-order valence-corrected chi connectivity index (χ4v) is 4.59. The highest BCUT2D eigenvalue weighted by Gasteiger charge is 2.26. The van der Waals surface area contributed by atoms with Crippen LogP contribution in [0.4, 0.5) is 5.69 Å². The Morgan fingerprint density at radius 3 is 2.71 bits per heavy atom. The van der Waals surface area contributed by atoms with Gasteiger partial charge in [0.15, 0.2) is 0 Å². The van der Waals surface area contributed by atoms with Crippen LogP contribution in [0.2, 0.25) is 10.0 Å². The fraction of sp³-hybridized carbons (Fsp3) is 0.320. The van der Waals surface area contributed by atoms with Crippen LogP contribution in [0.15, 0.2) is 54.2 Å². The van der Waals surface area contributed by atoms with Gasteiger partial charge < -0.3 is 16.0 Å². The van der Waals surface area contributed by atoms with Crippen molar-refractivity contribution in [1.82, 2.24) is 10.2 Å². The Bertz CT molecular complexity index is 1100. The second kappa shape index (κ2) is 12.4. The molecule has 0 spiro atoms. The van der Waals surface area contributed by atoms with E-state index >= 15 is 0 Å². The molecule has 2 aromatic carbocycles. The lowest BCUT2D eigenvalue weighted by atomic mass is 10.1. The first kappa shape index (κ1) is 25.6. The summed E-state index contributed by atoms with van der Waals surface area (Å²) in [6.07, 6.45) is 4.77. The van der Waals surface area contributed by atoms with Gasteiger partial charge >= 0.3 is 0 Å². The quantitative estimate of drug-likeness (QED) is 0.403. The molecule has 9 heteroatoms. The van der Waals surface area contributed by atoms with Gasteiger partial charge in [-0.15, -0.1) is 0 Å². The van der Waals surface area contributed by atoms with Crippen LogP contribution in [0.1, 0.15) is 30.4 Å². The molecule has 0 saturated carbocycles. The van der Waals surface area contributed by atoms with E-state index in [0.717, 1.165) is 37.1 Å². The molecule has 1 aliphatic heterocycles. The van der Waals surface area contributed by atoms with Gasteiger partial charge in [0.25, 0.3) is 0 Å². The van der Waals surface area contributed by atoms with Gasteiger partial charge in [-0.25, -0.2) is 0 Å². The topological polar surface area (TPSA) is 102 Å². The predicted octanol–water partition coefficient (Wildman–Crippen LogP) is 3.84. The summed E-state index contributed by atoms with van der Waals surface area (Å²) >= 11 is 12.9. The summed E-state index contributed by atoms with van der Waals surface area (Å²) in [6, 6.07) is 15.4. The number of nitrogens with two attached hydrogens (primary N) is 1. The van der Waals surface area contributed by atoms with Crippen molar-refractivity contribution in [1.29, 1.82) is 5.26 Å². The first-order valence-electron chi connectivity index (χ1n) is 11.0. The van der Waals surface area contributed by atoms with Crippen molar-refractivity contribution in [2.75, 3.05) is 24.5 Å². The number of carbonyl (C=O) groups is 2. The summed E-state index contributed by atoms with van der Waals surface area (Å²) in [7, 11) is 0. The van der Waals surface area contributed by atoms with Crippen LogP contribution in [0, 0.1) is 11.3 Å². The number of nitrogens with one attached hydrogen (secondary N) is 1.